The van der Waals surface area contributed by atoms with Crippen LogP contribution in [0.1, 0.15) is 12.8 Å². The first-order valence-corrected chi connectivity index (χ1v) is 7.82. The predicted octanol–water partition coefficient (Wildman–Crippen LogP) is 1.07. The standard InChI is InChI=1S/C13H20N2O3S/c1-15(11-4-3-9-14-10-11)19(16,17)13-7-5-12(18-2)6-8-13/h5-8,11,14H,3-4,9-10H2,1-2H3. The average molecular weight is 284 g/mol. The van der Waals surface area contributed by atoms with Crippen molar-refractivity contribution in [3.05, 3.63) is 24.3 Å². The molecule has 6 heteroatoms. The zero-order chi connectivity index (χ0) is 13.9. The summed E-state index contributed by atoms with van der Waals surface area (Å²) in [6.07, 6.45) is 1.91. The van der Waals surface area contributed by atoms with Gasteiger partial charge >= 0.3 is 0 Å². The summed E-state index contributed by atoms with van der Waals surface area (Å²) in [4.78, 5) is 0.307. The molecule has 1 unspecified atom stereocenters. The highest BCUT2D eigenvalue weighted by atomic mass is 32.2. The number of ether oxygens (including phenoxy) is 1. The first kappa shape index (κ1) is 14.3. The smallest absolute Gasteiger partial charge is 0.243 e. The molecule has 1 N–H and O–H groups in total. The Hall–Kier alpha value is -1.11. The Kier molecular flexibility index (Phi) is 4.44. The molecule has 1 aromatic rings. The minimum atomic E-state index is -3.43. The molecule has 1 fully saturated rings. The lowest BCUT2D eigenvalue weighted by Crippen LogP contribution is -2.46. The van der Waals surface area contributed by atoms with Crippen LogP contribution in [-0.4, -0.2) is 46.0 Å². The summed E-state index contributed by atoms with van der Waals surface area (Å²) in [5, 5.41) is 3.23. The molecule has 0 bridgehead atoms. The van der Waals surface area contributed by atoms with Crippen LogP contribution in [0.3, 0.4) is 0 Å². The van der Waals surface area contributed by atoms with Gasteiger partial charge in [-0.2, -0.15) is 4.31 Å². The fourth-order valence-electron chi connectivity index (χ4n) is 2.25. The molecule has 19 heavy (non-hydrogen) atoms. The molecule has 2 rings (SSSR count). The van der Waals surface area contributed by atoms with Gasteiger partial charge in [0.05, 0.1) is 12.0 Å². The summed E-state index contributed by atoms with van der Waals surface area (Å²) in [5.74, 6) is 0.654. The number of sulfonamides is 1. The Morgan fingerprint density at radius 3 is 2.53 bits per heavy atom. The first-order valence-electron chi connectivity index (χ1n) is 6.38. The van der Waals surface area contributed by atoms with Gasteiger partial charge in [0.15, 0.2) is 0 Å². The SMILES string of the molecule is COc1ccc(S(=O)(=O)N(C)C2CCCNC2)cc1. The van der Waals surface area contributed by atoms with E-state index in [1.165, 1.54) is 4.31 Å². The first-order chi connectivity index (χ1) is 9.05. The maximum Gasteiger partial charge on any atom is 0.243 e. The molecule has 0 aliphatic carbocycles. The van der Waals surface area contributed by atoms with Gasteiger partial charge in [0, 0.05) is 19.6 Å². The second kappa shape index (κ2) is 5.90. The number of likely N-dealkylation sites (N-methyl/N-ethyl adjacent to an activating group) is 1. The highest BCUT2D eigenvalue weighted by Gasteiger charge is 2.28. The molecular weight excluding hydrogens is 264 g/mol. The van der Waals surface area contributed by atoms with Gasteiger partial charge in [0.25, 0.3) is 0 Å². The number of piperidine rings is 1. The highest BCUT2D eigenvalue weighted by molar-refractivity contribution is 7.89. The normalized spacial score (nSPS) is 20.5. The van der Waals surface area contributed by atoms with Crippen molar-refractivity contribution in [2.45, 2.75) is 23.8 Å². The van der Waals surface area contributed by atoms with E-state index >= 15 is 0 Å². The minimum absolute atomic E-state index is 0.0286. The van der Waals surface area contributed by atoms with E-state index in [1.54, 1.807) is 38.4 Å². The van der Waals surface area contributed by atoms with Gasteiger partial charge in [0.1, 0.15) is 5.75 Å². The second-order valence-electron chi connectivity index (χ2n) is 4.70. The molecular formula is C13H20N2O3S. The molecule has 0 saturated carbocycles. The third-order valence-electron chi connectivity index (χ3n) is 3.52. The fourth-order valence-corrected chi connectivity index (χ4v) is 3.64. The van der Waals surface area contributed by atoms with E-state index in [1.807, 2.05) is 0 Å². The van der Waals surface area contributed by atoms with Gasteiger partial charge in [-0.3, -0.25) is 0 Å². The number of benzene rings is 1. The van der Waals surface area contributed by atoms with Crippen molar-refractivity contribution < 1.29 is 13.2 Å². The Morgan fingerprint density at radius 1 is 1.32 bits per heavy atom. The van der Waals surface area contributed by atoms with E-state index < -0.39 is 10.0 Å². The number of methoxy groups -OCH3 is 1. The van der Waals surface area contributed by atoms with Crippen LogP contribution in [0.4, 0.5) is 0 Å². The number of rotatable bonds is 4. The van der Waals surface area contributed by atoms with Crippen LogP contribution in [0.15, 0.2) is 29.2 Å². The molecule has 106 valence electrons. The molecule has 1 aliphatic heterocycles. The molecule has 1 aliphatic rings. The summed E-state index contributed by atoms with van der Waals surface area (Å²) >= 11 is 0. The van der Waals surface area contributed by atoms with Crippen molar-refractivity contribution in [1.82, 2.24) is 9.62 Å². The Bertz CT molecular complexity index is 507. The lowest BCUT2D eigenvalue weighted by molar-refractivity contribution is 0.300. The molecule has 1 heterocycles. The third-order valence-corrected chi connectivity index (χ3v) is 5.45. The van der Waals surface area contributed by atoms with Crippen LogP contribution < -0.4 is 10.1 Å². The van der Waals surface area contributed by atoms with Gasteiger partial charge in [-0.15, -0.1) is 0 Å². The van der Waals surface area contributed by atoms with E-state index in [0.717, 1.165) is 19.4 Å². The van der Waals surface area contributed by atoms with E-state index in [2.05, 4.69) is 5.32 Å². The second-order valence-corrected chi connectivity index (χ2v) is 6.69. The van der Waals surface area contributed by atoms with Crippen molar-refractivity contribution in [2.24, 2.45) is 0 Å². The lowest BCUT2D eigenvalue weighted by atomic mass is 10.1. The van der Waals surface area contributed by atoms with Crippen LogP contribution in [-0.2, 0) is 10.0 Å². The lowest BCUT2D eigenvalue weighted by Gasteiger charge is -2.30. The van der Waals surface area contributed by atoms with Gasteiger partial charge < -0.3 is 10.1 Å². The zero-order valence-corrected chi connectivity index (χ0v) is 12.1. The number of hydrogen-bond acceptors (Lipinski definition) is 4. The number of nitrogens with one attached hydrogen (secondary N) is 1. The number of hydrogen-bond donors (Lipinski definition) is 1. The summed E-state index contributed by atoms with van der Waals surface area (Å²) in [6.45, 7) is 1.68. The van der Waals surface area contributed by atoms with Gasteiger partial charge in [-0.05, 0) is 43.7 Å². The quantitative estimate of drug-likeness (QED) is 0.898. The molecule has 0 radical (unpaired) electrons. The van der Waals surface area contributed by atoms with Crippen molar-refractivity contribution in [3.63, 3.8) is 0 Å². The van der Waals surface area contributed by atoms with Crippen LogP contribution in [0.2, 0.25) is 0 Å². The summed E-state index contributed by atoms with van der Waals surface area (Å²) in [7, 11) is -0.217. The fraction of sp³-hybridized carbons (Fsp3) is 0.538. The molecule has 1 aromatic carbocycles. The van der Waals surface area contributed by atoms with E-state index in [9.17, 15) is 8.42 Å². The molecule has 0 spiro atoms. The van der Waals surface area contributed by atoms with E-state index in [4.69, 9.17) is 4.74 Å². The largest absolute Gasteiger partial charge is 0.497 e. The molecule has 0 aromatic heterocycles. The maximum atomic E-state index is 12.5. The van der Waals surface area contributed by atoms with Crippen LogP contribution in [0.5, 0.6) is 5.75 Å². The Morgan fingerprint density at radius 2 is 2.00 bits per heavy atom. The average Bonchev–Trinajstić information content (AvgIpc) is 2.47. The third kappa shape index (κ3) is 3.08. The maximum absolute atomic E-state index is 12.5. The van der Waals surface area contributed by atoms with Gasteiger partial charge in [-0.25, -0.2) is 8.42 Å². The molecule has 0 amide bonds. The Labute approximate surface area is 114 Å². The van der Waals surface area contributed by atoms with E-state index in [0.29, 0.717) is 17.2 Å². The van der Waals surface area contributed by atoms with Crippen LogP contribution >= 0.6 is 0 Å². The molecule has 1 saturated heterocycles. The van der Waals surface area contributed by atoms with Crippen LogP contribution in [0.25, 0.3) is 0 Å². The topological polar surface area (TPSA) is 58.6 Å². The molecule has 1 atom stereocenters. The predicted molar refractivity (Wildman–Crippen MR) is 73.8 cm³/mol. The Balaban J connectivity index is 2.19. The minimum Gasteiger partial charge on any atom is -0.497 e. The number of nitrogens with zero attached hydrogens (tertiary/aromatic N) is 1. The van der Waals surface area contributed by atoms with Crippen molar-refractivity contribution in [1.29, 1.82) is 0 Å². The van der Waals surface area contributed by atoms with Crippen molar-refractivity contribution in [3.8, 4) is 5.75 Å². The van der Waals surface area contributed by atoms with Gasteiger partial charge in [-0.1, -0.05) is 0 Å². The summed E-state index contributed by atoms with van der Waals surface area (Å²) in [5.41, 5.74) is 0. The summed E-state index contributed by atoms with van der Waals surface area (Å²) < 4.78 is 31.5. The van der Waals surface area contributed by atoms with E-state index in [-0.39, 0.29) is 6.04 Å². The van der Waals surface area contributed by atoms with Crippen LogP contribution in [0, 0.1) is 0 Å². The zero-order valence-electron chi connectivity index (χ0n) is 11.3. The monoisotopic (exact) mass is 284 g/mol. The van der Waals surface area contributed by atoms with Crippen molar-refractivity contribution in [2.75, 3.05) is 27.2 Å². The highest BCUT2D eigenvalue weighted by Crippen LogP contribution is 2.21. The summed E-state index contributed by atoms with van der Waals surface area (Å²) in [6, 6.07) is 6.53. The van der Waals surface area contributed by atoms with Gasteiger partial charge in [0.2, 0.25) is 10.0 Å². The molecule has 5 nitrogen and oxygen atoms in total. The van der Waals surface area contributed by atoms with Crippen molar-refractivity contribution >= 4 is 10.0 Å².